The molecule has 0 aromatic heterocycles. The van der Waals surface area contributed by atoms with Gasteiger partial charge < -0.3 is 15.2 Å². The maximum atomic E-state index is 5.68. The summed E-state index contributed by atoms with van der Waals surface area (Å²) in [6.45, 7) is 0.702. The minimum Gasteiger partial charge on any atom is -0.497 e. The van der Waals surface area contributed by atoms with Crippen molar-refractivity contribution in [3.05, 3.63) is 47.0 Å². The van der Waals surface area contributed by atoms with E-state index in [2.05, 4.69) is 24.3 Å². The Balaban J connectivity index is 0.00000176. The second-order valence-electron chi connectivity index (χ2n) is 5.36. The molecule has 0 saturated heterocycles. The van der Waals surface area contributed by atoms with Crippen LogP contribution in [0.25, 0.3) is 11.1 Å². The van der Waals surface area contributed by atoms with Gasteiger partial charge in [-0.3, -0.25) is 0 Å². The van der Waals surface area contributed by atoms with Crippen molar-refractivity contribution in [3.63, 3.8) is 0 Å². The molecule has 0 radical (unpaired) electrons. The molecule has 4 heteroatoms. The summed E-state index contributed by atoms with van der Waals surface area (Å²) in [6, 6.07) is 10.5. The van der Waals surface area contributed by atoms with Crippen molar-refractivity contribution in [3.8, 4) is 22.6 Å². The maximum Gasteiger partial charge on any atom is 0.122 e. The van der Waals surface area contributed by atoms with E-state index < -0.39 is 0 Å². The topological polar surface area (TPSA) is 44.5 Å². The third kappa shape index (κ3) is 2.79. The monoisotopic (exact) mass is 319 g/mol. The zero-order chi connectivity index (χ0) is 14.8. The molecule has 2 aromatic carbocycles. The van der Waals surface area contributed by atoms with Crippen molar-refractivity contribution in [2.45, 2.75) is 19.3 Å². The lowest BCUT2D eigenvalue weighted by Crippen LogP contribution is -2.04. The van der Waals surface area contributed by atoms with Gasteiger partial charge in [0, 0.05) is 0 Å². The molecule has 0 atom stereocenters. The van der Waals surface area contributed by atoms with Gasteiger partial charge in [-0.25, -0.2) is 0 Å². The number of benzene rings is 2. The fourth-order valence-electron chi connectivity index (χ4n) is 3.17. The Morgan fingerprint density at radius 1 is 1.05 bits per heavy atom. The van der Waals surface area contributed by atoms with Crippen LogP contribution in [0, 0.1) is 0 Å². The molecule has 2 N–H and O–H groups in total. The molecular formula is C18H22ClNO2. The van der Waals surface area contributed by atoms with E-state index in [1.54, 1.807) is 14.2 Å². The number of hydrogen-bond donors (Lipinski definition) is 1. The maximum absolute atomic E-state index is 5.68. The van der Waals surface area contributed by atoms with E-state index in [4.69, 9.17) is 15.2 Å². The van der Waals surface area contributed by atoms with Crippen LogP contribution in [0.3, 0.4) is 0 Å². The van der Waals surface area contributed by atoms with Crippen LogP contribution in [0.1, 0.15) is 23.1 Å². The van der Waals surface area contributed by atoms with E-state index in [-0.39, 0.29) is 12.4 Å². The summed E-state index contributed by atoms with van der Waals surface area (Å²) in [6.07, 6.45) is 2.89. The summed E-state index contributed by atoms with van der Waals surface area (Å²) in [4.78, 5) is 0. The standard InChI is InChI=1S/C18H21NO2.ClH/c1-20-13-5-6-14-12(10-13)11-17-15(14)7-8-18(21-2)16(17)4-3-9-19;/h5-8,10H,3-4,9,11,19H2,1-2H3;1H. The second kappa shape index (κ2) is 7.03. The molecule has 0 saturated carbocycles. The Hall–Kier alpha value is -1.71. The van der Waals surface area contributed by atoms with E-state index >= 15 is 0 Å². The SMILES string of the molecule is COc1ccc2c(c1)Cc1c-2ccc(OC)c1CCCN.Cl. The molecular weight excluding hydrogens is 298 g/mol. The Kier molecular flexibility index (Phi) is 5.33. The molecule has 1 aliphatic carbocycles. The van der Waals surface area contributed by atoms with E-state index in [9.17, 15) is 0 Å². The van der Waals surface area contributed by atoms with Crippen LogP contribution in [-0.2, 0) is 12.8 Å². The van der Waals surface area contributed by atoms with Crippen molar-refractivity contribution < 1.29 is 9.47 Å². The van der Waals surface area contributed by atoms with Gasteiger partial charge in [-0.15, -0.1) is 12.4 Å². The third-order valence-corrected chi connectivity index (χ3v) is 4.21. The second-order valence-corrected chi connectivity index (χ2v) is 5.36. The van der Waals surface area contributed by atoms with E-state index in [1.807, 2.05) is 6.07 Å². The first-order valence-electron chi connectivity index (χ1n) is 7.34. The van der Waals surface area contributed by atoms with Gasteiger partial charge in [-0.05, 0) is 71.8 Å². The number of rotatable bonds is 5. The Morgan fingerprint density at radius 3 is 2.50 bits per heavy atom. The third-order valence-electron chi connectivity index (χ3n) is 4.21. The van der Waals surface area contributed by atoms with Crippen molar-refractivity contribution in [1.29, 1.82) is 0 Å². The quantitative estimate of drug-likeness (QED) is 0.781. The summed E-state index contributed by atoms with van der Waals surface area (Å²) in [5, 5.41) is 0. The summed E-state index contributed by atoms with van der Waals surface area (Å²) < 4.78 is 10.9. The lowest BCUT2D eigenvalue weighted by atomic mass is 9.97. The fourth-order valence-corrected chi connectivity index (χ4v) is 3.17. The Bertz CT molecular complexity index is 670. The lowest BCUT2D eigenvalue weighted by molar-refractivity contribution is 0.408. The first kappa shape index (κ1) is 16.7. The predicted octanol–water partition coefficient (Wildman–Crippen LogP) is 3.59. The molecule has 0 fully saturated rings. The van der Waals surface area contributed by atoms with Gasteiger partial charge in [-0.1, -0.05) is 12.1 Å². The minimum atomic E-state index is 0. The number of fused-ring (bicyclic) bond motifs is 3. The average molecular weight is 320 g/mol. The van der Waals surface area contributed by atoms with Crippen LogP contribution in [0.15, 0.2) is 30.3 Å². The van der Waals surface area contributed by atoms with Gasteiger partial charge in [0.2, 0.25) is 0 Å². The molecule has 0 heterocycles. The highest BCUT2D eigenvalue weighted by atomic mass is 35.5. The molecule has 3 rings (SSSR count). The molecule has 0 spiro atoms. The molecule has 118 valence electrons. The van der Waals surface area contributed by atoms with Gasteiger partial charge in [-0.2, -0.15) is 0 Å². The van der Waals surface area contributed by atoms with E-state index in [0.717, 1.165) is 30.8 Å². The highest BCUT2D eigenvalue weighted by Gasteiger charge is 2.23. The number of ether oxygens (including phenoxy) is 2. The normalized spacial score (nSPS) is 11.4. The van der Waals surface area contributed by atoms with Crippen LogP contribution in [0.5, 0.6) is 11.5 Å². The summed E-state index contributed by atoms with van der Waals surface area (Å²) in [5.41, 5.74) is 12.3. The van der Waals surface area contributed by atoms with Gasteiger partial charge in [0.1, 0.15) is 11.5 Å². The molecule has 0 amide bonds. The summed E-state index contributed by atoms with van der Waals surface area (Å²) in [5.74, 6) is 1.89. The zero-order valence-electron chi connectivity index (χ0n) is 13.0. The van der Waals surface area contributed by atoms with Crippen molar-refractivity contribution in [1.82, 2.24) is 0 Å². The van der Waals surface area contributed by atoms with Crippen LogP contribution in [0.2, 0.25) is 0 Å². The predicted molar refractivity (Wildman–Crippen MR) is 92.4 cm³/mol. The largest absolute Gasteiger partial charge is 0.497 e. The van der Waals surface area contributed by atoms with Gasteiger partial charge >= 0.3 is 0 Å². The molecule has 2 aromatic rings. The van der Waals surface area contributed by atoms with Gasteiger partial charge in [0.25, 0.3) is 0 Å². The average Bonchev–Trinajstić information content (AvgIpc) is 2.90. The first-order chi connectivity index (χ1) is 10.3. The summed E-state index contributed by atoms with van der Waals surface area (Å²) in [7, 11) is 3.44. The molecule has 0 aliphatic heterocycles. The van der Waals surface area contributed by atoms with Crippen molar-refractivity contribution in [2.24, 2.45) is 5.73 Å². The first-order valence-corrected chi connectivity index (χ1v) is 7.34. The highest BCUT2D eigenvalue weighted by molar-refractivity contribution is 5.85. The Morgan fingerprint density at radius 2 is 1.82 bits per heavy atom. The Labute approximate surface area is 137 Å². The minimum absolute atomic E-state index is 0. The van der Waals surface area contributed by atoms with Crippen molar-refractivity contribution >= 4 is 12.4 Å². The van der Waals surface area contributed by atoms with Crippen LogP contribution in [-0.4, -0.2) is 20.8 Å². The number of halogens is 1. The van der Waals surface area contributed by atoms with E-state index in [0.29, 0.717) is 6.54 Å². The van der Waals surface area contributed by atoms with Crippen LogP contribution in [0.4, 0.5) is 0 Å². The number of hydrogen-bond acceptors (Lipinski definition) is 3. The van der Waals surface area contributed by atoms with Crippen LogP contribution >= 0.6 is 12.4 Å². The molecule has 0 unspecified atom stereocenters. The summed E-state index contributed by atoms with van der Waals surface area (Å²) >= 11 is 0. The molecule has 1 aliphatic rings. The molecule has 0 bridgehead atoms. The molecule has 3 nitrogen and oxygen atoms in total. The smallest absolute Gasteiger partial charge is 0.122 e. The highest BCUT2D eigenvalue weighted by Crippen LogP contribution is 2.42. The molecule has 22 heavy (non-hydrogen) atoms. The zero-order valence-corrected chi connectivity index (χ0v) is 13.8. The number of methoxy groups -OCH3 is 2. The van der Waals surface area contributed by atoms with Gasteiger partial charge in [0.05, 0.1) is 14.2 Å². The van der Waals surface area contributed by atoms with E-state index in [1.165, 1.54) is 27.8 Å². The van der Waals surface area contributed by atoms with Gasteiger partial charge in [0.15, 0.2) is 0 Å². The number of nitrogens with two attached hydrogens (primary N) is 1. The fraction of sp³-hybridized carbons (Fsp3) is 0.333. The van der Waals surface area contributed by atoms with Crippen molar-refractivity contribution in [2.75, 3.05) is 20.8 Å². The lowest BCUT2D eigenvalue weighted by Gasteiger charge is -2.13. The van der Waals surface area contributed by atoms with Crippen LogP contribution < -0.4 is 15.2 Å².